The van der Waals surface area contributed by atoms with E-state index in [-0.39, 0.29) is 16.8 Å². The van der Waals surface area contributed by atoms with Crippen molar-refractivity contribution >= 4 is 33.0 Å². The number of rotatable bonds is 3. The number of alkyl halides is 1. The van der Waals surface area contributed by atoms with Crippen LogP contribution in [0.15, 0.2) is 23.4 Å². The van der Waals surface area contributed by atoms with Gasteiger partial charge in [-0.3, -0.25) is 4.79 Å². The Morgan fingerprint density at radius 3 is 2.60 bits per heavy atom. The van der Waals surface area contributed by atoms with E-state index in [1.54, 1.807) is 0 Å². The van der Waals surface area contributed by atoms with E-state index in [0.717, 1.165) is 6.26 Å². The number of hydrogen-bond donors (Lipinski definition) is 1. The molecule has 0 aliphatic rings. The Bertz CT molecular complexity index is 455. The lowest BCUT2D eigenvalue weighted by Gasteiger charge is -2.02. The smallest absolute Gasteiger partial charge is 0.239 e. The van der Waals surface area contributed by atoms with Crippen LogP contribution in [0, 0.1) is 0 Å². The van der Waals surface area contributed by atoms with Gasteiger partial charge in [-0.05, 0) is 12.1 Å². The van der Waals surface area contributed by atoms with Gasteiger partial charge in [-0.1, -0.05) is 0 Å². The number of carbonyl (C=O) groups excluding carboxylic acids is 1. The topological polar surface area (TPSA) is 76.1 Å². The molecule has 0 bridgehead atoms. The Labute approximate surface area is 92.4 Å². The molecule has 1 heterocycles. The maximum Gasteiger partial charge on any atom is 0.239 e. The fraction of sp³-hybridized carbons (Fsp3) is 0.250. The highest BCUT2D eigenvalue weighted by Crippen LogP contribution is 2.10. The standard InChI is InChI=1S/C8H9ClN2O3S/c1-15(13,14)8-3-2-6(5-10-8)11-7(12)4-9/h2-3,5H,4H2,1H3,(H,11,12). The van der Waals surface area contributed by atoms with Gasteiger partial charge in [0.05, 0.1) is 11.9 Å². The molecule has 0 aromatic carbocycles. The summed E-state index contributed by atoms with van der Waals surface area (Å²) in [6.07, 6.45) is 2.33. The van der Waals surface area contributed by atoms with Gasteiger partial charge in [0.15, 0.2) is 14.9 Å². The molecule has 0 aliphatic carbocycles. The Hall–Kier alpha value is -1.14. The largest absolute Gasteiger partial charge is 0.324 e. The van der Waals surface area contributed by atoms with Crippen LogP contribution in [0.4, 0.5) is 5.69 Å². The van der Waals surface area contributed by atoms with Crippen LogP contribution in [0.25, 0.3) is 0 Å². The zero-order chi connectivity index (χ0) is 11.5. The Balaban J connectivity index is 2.86. The molecule has 0 atom stereocenters. The number of carbonyl (C=O) groups is 1. The molecule has 1 aromatic heterocycles. The van der Waals surface area contributed by atoms with Crippen LogP contribution < -0.4 is 5.32 Å². The van der Waals surface area contributed by atoms with E-state index in [2.05, 4.69) is 10.3 Å². The van der Waals surface area contributed by atoms with E-state index in [0.29, 0.717) is 5.69 Å². The summed E-state index contributed by atoms with van der Waals surface area (Å²) in [7, 11) is -3.30. The third-order valence-corrected chi connectivity index (χ3v) is 2.77. The predicted octanol–water partition coefficient (Wildman–Crippen LogP) is 0.662. The molecule has 82 valence electrons. The first-order valence-electron chi connectivity index (χ1n) is 3.95. The maximum atomic E-state index is 11.1. The summed E-state index contributed by atoms with van der Waals surface area (Å²) in [6.45, 7) is 0. The Morgan fingerprint density at radius 2 is 2.20 bits per heavy atom. The number of nitrogens with one attached hydrogen (secondary N) is 1. The van der Waals surface area contributed by atoms with Crippen molar-refractivity contribution in [2.75, 3.05) is 17.5 Å². The molecule has 15 heavy (non-hydrogen) atoms. The first kappa shape index (κ1) is 11.9. The molecule has 0 saturated heterocycles. The normalized spacial score (nSPS) is 11.1. The number of hydrogen-bond acceptors (Lipinski definition) is 4. The molecule has 1 amide bonds. The molecule has 0 aliphatic heterocycles. The molecular formula is C8H9ClN2O3S. The van der Waals surface area contributed by atoms with Crippen molar-refractivity contribution < 1.29 is 13.2 Å². The SMILES string of the molecule is CS(=O)(=O)c1ccc(NC(=O)CCl)cn1. The molecule has 0 fully saturated rings. The van der Waals surface area contributed by atoms with E-state index in [9.17, 15) is 13.2 Å². The van der Waals surface area contributed by atoms with Gasteiger partial charge < -0.3 is 5.32 Å². The lowest BCUT2D eigenvalue weighted by atomic mass is 10.4. The van der Waals surface area contributed by atoms with Crippen LogP contribution >= 0.6 is 11.6 Å². The molecule has 0 unspecified atom stereocenters. The Morgan fingerprint density at radius 1 is 1.53 bits per heavy atom. The van der Waals surface area contributed by atoms with Crippen LogP contribution in [-0.2, 0) is 14.6 Å². The van der Waals surface area contributed by atoms with Gasteiger partial charge in [0.25, 0.3) is 0 Å². The van der Waals surface area contributed by atoms with Crippen LogP contribution in [-0.4, -0.2) is 31.4 Å². The quantitative estimate of drug-likeness (QED) is 0.798. The monoisotopic (exact) mass is 248 g/mol. The van der Waals surface area contributed by atoms with E-state index >= 15 is 0 Å². The molecule has 5 nitrogen and oxygen atoms in total. The summed E-state index contributed by atoms with van der Waals surface area (Å²) in [5, 5.41) is 2.41. The van der Waals surface area contributed by atoms with Gasteiger partial charge >= 0.3 is 0 Å². The highest BCUT2D eigenvalue weighted by Gasteiger charge is 2.08. The summed E-state index contributed by atoms with van der Waals surface area (Å²) >= 11 is 5.28. The third-order valence-electron chi connectivity index (χ3n) is 1.52. The average Bonchev–Trinajstić information content (AvgIpc) is 2.17. The van der Waals surface area contributed by atoms with Crippen LogP contribution in [0.1, 0.15) is 0 Å². The molecule has 1 rings (SSSR count). The second-order valence-electron chi connectivity index (χ2n) is 2.84. The third kappa shape index (κ3) is 3.49. The molecular weight excluding hydrogens is 240 g/mol. The summed E-state index contributed by atoms with van der Waals surface area (Å²) in [6, 6.07) is 2.77. The van der Waals surface area contributed by atoms with Gasteiger partial charge in [-0.15, -0.1) is 11.6 Å². The fourth-order valence-corrected chi connectivity index (χ4v) is 1.49. The number of sulfone groups is 1. The highest BCUT2D eigenvalue weighted by atomic mass is 35.5. The maximum absolute atomic E-state index is 11.1. The number of nitrogens with zero attached hydrogens (tertiary/aromatic N) is 1. The second-order valence-corrected chi connectivity index (χ2v) is 5.07. The van der Waals surface area contributed by atoms with Crippen molar-refractivity contribution in [3.8, 4) is 0 Å². The van der Waals surface area contributed by atoms with Crippen molar-refractivity contribution in [3.63, 3.8) is 0 Å². The van der Waals surface area contributed by atoms with Crippen molar-refractivity contribution in [2.45, 2.75) is 5.03 Å². The zero-order valence-electron chi connectivity index (χ0n) is 7.90. The van der Waals surface area contributed by atoms with E-state index < -0.39 is 9.84 Å². The number of halogens is 1. The minimum atomic E-state index is -3.30. The minimum absolute atomic E-state index is 0.0358. The predicted molar refractivity (Wildman–Crippen MR) is 56.7 cm³/mol. The highest BCUT2D eigenvalue weighted by molar-refractivity contribution is 7.90. The lowest BCUT2D eigenvalue weighted by Crippen LogP contribution is -2.13. The van der Waals surface area contributed by atoms with Gasteiger partial charge in [-0.2, -0.15) is 0 Å². The molecule has 0 saturated carbocycles. The molecule has 1 aromatic rings. The van der Waals surface area contributed by atoms with Crippen molar-refractivity contribution in [1.82, 2.24) is 4.98 Å². The first-order valence-corrected chi connectivity index (χ1v) is 6.38. The molecule has 1 N–H and O–H groups in total. The zero-order valence-corrected chi connectivity index (χ0v) is 9.47. The van der Waals surface area contributed by atoms with Crippen LogP contribution in [0.5, 0.6) is 0 Å². The minimum Gasteiger partial charge on any atom is -0.324 e. The van der Waals surface area contributed by atoms with E-state index in [4.69, 9.17) is 11.6 Å². The summed E-state index contributed by atoms with van der Waals surface area (Å²) in [4.78, 5) is 14.6. The van der Waals surface area contributed by atoms with Gasteiger partial charge in [0.2, 0.25) is 5.91 Å². The number of anilines is 1. The van der Waals surface area contributed by atoms with Gasteiger partial charge in [0, 0.05) is 6.26 Å². The number of aromatic nitrogens is 1. The van der Waals surface area contributed by atoms with Crippen molar-refractivity contribution in [1.29, 1.82) is 0 Å². The van der Waals surface area contributed by atoms with Gasteiger partial charge in [-0.25, -0.2) is 13.4 Å². The van der Waals surface area contributed by atoms with E-state index in [1.807, 2.05) is 0 Å². The second kappa shape index (κ2) is 4.59. The van der Waals surface area contributed by atoms with Crippen LogP contribution in [0.3, 0.4) is 0 Å². The van der Waals surface area contributed by atoms with Crippen molar-refractivity contribution in [2.24, 2.45) is 0 Å². The summed E-state index contributed by atoms with van der Waals surface area (Å²) in [5.41, 5.74) is 0.410. The summed E-state index contributed by atoms with van der Waals surface area (Å²) < 4.78 is 22.1. The van der Waals surface area contributed by atoms with Crippen LogP contribution in [0.2, 0.25) is 0 Å². The average molecular weight is 249 g/mol. The number of amides is 1. The Kier molecular flexibility index (Phi) is 3.65. The fourth-order valence-electron chi connectivity index (χ4n) is 0.868. The first-order chi connectivity index (χ1) is 6.93. The lowest BCUT2D eigenvalue weighted by molar-refractivity contribution is -0.113. The van der Waals surface area contributed by atoms with E-state index in [1.165, 1.54) is 18.3 Å². The molecule has 7 heteroatoms. The van der Waals surface area contributed by atoms with Gasteiger partial charge in [0.1, 0.15) is 5.88 Å². The number of pyridine rings is 1. The summed E-state index contributed by atoms with van der Waals surface area (Å²) in [5.74, 6) is -0.529. The molecule has 0 spiro atoms. The van der Waals surface area contributed by atoms with Crippen molar-refractivity contribution in [3.05, 3.63) is 18.3 Å². The molecule has 0 radical (unpaired) electrons.